The second kappa shape index (κ2) is 8.48. The van der Waals surface area contributed by atoms with Gasteiger partial charge in [-0.2, -0.15) is 4.98 Å². The van der Waals surface area contributed by atoms with Crippen LogP contribution in [-0.2, 0) is 0 Å². The molecule has 4 aromatic rings. The van der Waals surface area contributed by atoms with E-state index in [9.17, 15) is 4.79 Å². The normalized spacial score (nSPS) is 10.5. The Labute approximate surface area is 173 Å². The Hall–Kier alpha value is -4.13. The molecule has 0 saturated carbocycles. The molecule has 0 bridgehead atoms. The number of amides is 1. The quantitative estimate of drug-likeness (QED) is 0.505. The van der Waals surface area contributed by atoms with Crippen molar-refractivity contribution in [1.82, 2.24) is 10.1 Å². The standard InChI is InChI=1S/C23H19N3O4/c1-28-19-13-17(23-25-21(26-30-23)15-9-5-3-6-10-15)18(14-20(19)29-2)24-22(27)16-11-7-4-8-12-16/h3-14H,1-2H3,(H,24,27). The molecule has 0 aliphatic rings. The van der Waals surface area contributed by atoms with Gasteiger partial charge in [0.15, 0.2) is 11.5 Å². The number of nitrogens with one attached hydrogen (secondary N) is 1. The first-order valence-corrected chi connectivity index (χ1v) is 9.21. The van der Waals surface area contributed by atoms with Crippen LogP contribution in [-0.4, -0.2) is 30.3 Å². The van der Waals surface area contributed by atoms with Crippen LogP contribution in [0.3, 0.4) is 0 Å². The minimum atomic E-state index is -0.271. The van der Waals surface area contributed by atoms with E-state index >= 15 is 0 Å². The fraction of sp³-hybridized carbons (Fsp3) is 0.0870. The minimum absolute atomic E-state index is 0.248. The highest BCUT2D eigenvalue weighted by Gasteiger charge is 2.20. The van der Waals surface area contributed by atoms with Gasteiger partial charge < -0.3 is 19.3 Å². The summed E-state index contributed by atoms with van der Waals surface area (Å²) in [7, 11) is 3.06. The summed E-state index contributed by atoms with van der Waals surface area (Å²) in [5, 5.41) is 6.97. The Morgan fingerprint density at radius 3 is 2.20 bits per heavy atom. The Morgan fingerprint density at radius 2 is 1.53 bits per heavy atom. The third-order valence-corrected chi connectivity index (χ3v) is 4.50. The fourth-order valence-corrected chi connectivity index (χ4v) is 2.98. The van der Waals surface area contributed by atoms with Crippen molar-refractivity contribution in [1.29, 1.82) is 0 Å². The predicted molar refractivity (Wildman–Crippen MR) is 113 cm³/mol. The smallest absolute Gasteiger partial charge is 0.260 e. The first-order chi connectivity index (χ1) is 14.7. The zero-order chi connectivity index (χ0) is 20.9. The number of ether oxygens (including phenoxy) is 2. The second-order valence-corrected chi connectivity index (χ2v) is 6.36. The average Bonchev–Trinajstić information content (AvgIpc) is 3.30. The van der Waals surface area contributed by atoms with E-state index in [0.717, 1.165) is 5.56 Å². The molecule has 1 heterocycles. The lowest BCUT2D eigenvalue weighted by molar-refractivity contribution is 0.102. The number of hydrogen-bond acceptors (Lipinski definition) is 6. The molecule has 0 fully saturated rings. The molecule has 0 aliphatic heterocycles. The summed E-state index contributed by atoms with van der Waals surface area (Å²) < 4.78 is 16.3. The van der Waals surface area contributed by atoms with Gasteiger partial charge in [-0.1, -0.05) is 53.7 Å². The Balaban J connectivity index is 1.76. The first kappa shape index (κ1) is 19.2. The largest absolute Gasteiger partial charge is 0.493 e. The molecule has 7 nitrogen and oxygen atoms in total. The molecule has 1 N–H and O–H groups in total. The third-order valence-electron chi connectivity index (χ3n) is 4.50. The SMILES string of the molecule is COc1cc(NC(=O)c2ccccc2)c(-c2nc(-c3ccccc3)no2)cc1OC. The van der Waals surface area contributed by atoms with Crippen LogP contribution in [0.5, 0.6) is 11.5 Å². The third kappa shape index (κ3) is 3.86. The maximum Gasteiger partial charge on any atom is 0.260 e. The van der Waals surface area contributed by atoms with Crippen LogP contribution in [0.15, 0.2) is 77.3 Å². The highest BCUT2D eigenvalue weighted by Crippen LogP contribution is 2.39. The van der Waals surface area contributed by atoms with E-state index in [4.69, 9.17) is 14.0 Å². The Bertz CT molecular complexity index is 1160. The highest BCUT2D eigenvalue weighted by atomic mass is 16.5. The lowest BCUT2D eigenvalue weighted by atomic mass is 10.1. The number of hydrogen-bond donors (Lipinski definition) is 1. The van der Waals surface area contributed by atoms with E-state index in [-0.39, 0.29) is 11.8 Å². The van der Waals surface area contributed by atoms with Crippen molar-refractivity contribution < 1.29 is 18.8 Å². The molecule has 1 amide bonds. The number of methoxy groups -OCH3 is 2. The lowest BCUT2D eigenvalue weighted by Gasteiger charge is -2.14. The number of anilines is 1. The van der Waals surface area contributed by atoms with Crippen molar-refractivity contribution >= 4 is 11.6 Å². The molecule has 30 heavy (non-hydrogen) atoms. The fourth-order valence-electron chi connectivity index (χ4n) is 2.98. The zero-order valence-electron chi connectivity index (χ0n) is 16.5. The number of nitrogens with zero attached hydrogens (tertiary/aromatic N) is 2. The van der Waals surface area contributed by atoms with E-state index in [0.29, 0.717) is 34.1 Å². The van der Waals surface area contributed by atoms with Crippen molar-refractivity contribution in [2.45, 2.75) is 0 Å². The zero-order valence-corrected chi connectivity index (χ0v) is 16.5. The topological polar surface area (TPSA) is 86.5 Å². The van der Waals surface area contributed by atoms with E-state index in [1.165, 1.54) is 14.2 Å². The van der Waals surface area contributed by atoms with E-state index in [1.807, 2.05) is 36.4 Å². The van der Waals surface area contributed by atoms with Crippen molar-refractivity contribution in [2.24, 2.45) is 0 Å². The van der Waals surface area contributed by atoms with Gasteiger partial charge >= 0.3 is 0 Å². The molecule has 4 rings (SSSR count). The monoisotopic (exact) mass is 401 g/mol. The summed E-state index contributed by atoms with van der Waals surface area (Å²) in [6.07, 6.45) is 0. The molecule has 0 saturated heterocycles. The van der Waals surface area contributed by atoms with Crippen LogP contribution >= 0.6 is 0 Å². The molecule has 7 heteroatoms. The first-order valence-electron chi connectivity index (χ1n) is 9.21. The number of carbonyl (C=O) groups is 1. The summed E-state index contributed by atoms with van der Waals surface area (Å²) in [6.45, 7) is 0. The highest BCUT2D eigenvalue weighted by molar-refractivity contribution is 6.06. The summed E-state index contributed by atoms with van der Waals surface area (Å²) >= 11 is 0. The summed E-state index contributed by atoms with van der Waals surface area (Å²) in [4.78, 5) is 17.2. The van der Waals surface area contributed by atoms with Crippen molar-refractivity contribution in [2.75, 3.05) is 19.5 Å². The van der Waals surface area contributed by atoms with Gasteiger partial charge in [-0.25, -0.2) is 0 Å². The lowest BCUT2D eigenvalue weighted by Crippen LogP contribution is -2.12. The molecule has 150 valence electrons. The second-order valence-electron chi connectivity index (χ2n) is 6.36. The van der Waals surface area contributed by atoms with Gasteiger partial charge in [-0.05, 0) is 18.2 Å². The molecular formula is C23H19N3O4. The number of rotatable bonds is 6. The summed E-state index contributed by atoms with van der Waals surface area (Å²) in [6, 6.07) is 21.8. The molecule has 0 unspecified atom stereocenters. The van der Waals surface area contributed by atoms with Gasteiger partial charge in [0, 0.05) is 17.2 Å². The summed E-state index contributed by atoms with van der Waals surface area (Å²) in [5.41, 5.74) is 2.33. The Kier molecular flexibility index (Phi) is 5.43. The number of benzene rings is 3. The molecule has 0 aliphatic carbocycles. The number of carbonyl (C=O) groups excluding carboxylic acids is 1. The van der Waals surface area contributed by atoms with Crippen molar-refractivity contribution in [3.63, 3.8) is 0 Å². The van der Waals surface area contributed by atoms with E-state index < -0.39 is 0 Å². The molecular weight excluding hydrogens is 382 g/mol. The van der Waals surface area contributed by atoms with Crippen molar-refractivity contribution in [3.8, 4) is 34.3 Å². The van der Waals surface area contributed by atoms with E-state index in [1.54, 1.807) is 36.4 Å². The van der Waals surface area contributed by atoms with Crippen LogP contribution < -0.4 is 14.8 Å². The van der Waals surface area contributed by atoms with Crippen LogP contribution in [0.1, 0.15) is 10.4 Å². The molecule has 0 atom stereocenters. The van der Waals surface area contributed by atoms with Crippen molar-refractivity contribution in [3.05, 3.63) is 78.4 Å². The van der Waals surface area contributed by atoms with Gasteiger partial charge in [-0.3, -0.25) is 4.79 Å². The molecule has 3 aromatic carbocycles. The molecule has 0 radical (unpaired) electrons. The Morgan fingerprint density at radius 1 is 0.900 bits per heavy atom. The van der Waals surface area contributed by atoms with Gasteiger partial charge in [0.05, 0.1) is 25.5 Å². The minimum Gasteiger partial charge on any atom is -0.493 e. The van der Waals surface area contributed by atoms with E-state index in [2.05, 4.69) is 15.5 Å². The van der Waals surface area contributed by atoms with Crippen LogP contribution in [0.25, 0.3) is 22.8 Å². The maximum atomic E-state index is 12.7. The molecule has 1 aromatic heterocycles. The predicted octanol–water partition coefficient (Wildman–Crippen LogP) is 4.67. The average molecular weight is 401 g/mol. The van der Waals surface area contributed by atoms with Crippen LogP contribution in [0.4, 0.5) is 5.69 Å². The van der Waals surface area contributed by atoms with Gasteiger partial charge in [0.25, 0.3) is 11.8 Å². The molecule has 0 spiro atoms. The van der Waals surface area contributed by atoms with Gasteiger partial charge in [0.2, 0.25) is 5.82 Å². The van der Waals surface area contributed by atoms with Gasteiger partial charge in [0.1, 0.15) is 0 Å². The van der Waals surface area contributed by atoms with Crippen LogP contribution in [0, 0.1) is 0 Å². The van der Waals surface area contributed by atoms with Gasteiger partial charge in [-0.15, -0.1) is 0 Å². The number of aromatic nitrogens is 2. The maximum absolute atomic E-state index is 12.7. The van der Waals surface area contributed by atoms with Crippen LogP contribution in [0.2, 0.25) is 0 Å². The summed E-state index contributed by atoms with van der Waals surface area (Å²) in [5.74, 6) is 1.36.